The first-order valence-electron chi connectivity index (χ1n) is 11.7. The molecule has 1 aliphatic heterocycles. The van der Waals surface area contributed by atoms with Crippen molar-refractivity contribution in [1.82, 2.24) is 14.9 Å². The predicted molar refractivity (Wildman–Crippen MR) is 138 cm³/mol. The van der Waals surface area contributed by atoms with Gasteiger partial charge in [-0.3, -0.25) is 4.90 Å². The number of hydrogen-bond acceptors (Lipinski definition) is 7. The molecule has 0 amide bonds. The SMILES string of the molecule is CCOc1cc(OC2CCN(C(C)C)C2)ccc1Nc1ncc(Cl)c(Nc2ccccc2C)n1. The molecule has 0 spiro atoms. The van der Waals surface area contributed by atoms with Crippen molar-refractivity contribution in [3.8, 4) is 11.5 Å². The number of ether oxygens (including phenoxy) is 2. The molecule has 4 rings (SSSR count). The summed E-state index contributed by atoms with van der Waals surface area (Å²) in [4.78, 5) is 11.4. The second-order valence-electron chi connectivity index (χ2n) is 8.66. The van der Waals surface area contributed by atoms with Crippen LogP contribution in [0.2, 0.25) is 5.02 Å². The topological polar surface area (TPSA) is 71.5 Å². The molecular formula is C26H32ClN5O2. The van der Waals surface area contributed by atoms with Gasteiger partial charge in [-0.25, -0.2) is 4.98 Å². The second kappa shape index (κ2) is 10.9. The van der Waals surface area contributed by atoms with Gasteiger partial charge < -0.3 is 20.1 Å². The first-order valence-corrected chi connectivity index (χ1v) is 12.1. The van der Waals surface area contributed by atoms with Gasteiger partial charge in [-0.05, 0) is 57.9 Å². The summed E-state index contributed by atoms with van der Waals surface area (Å²) in [5.74, 6) is 2.43. The number of hydrogen-bond donors (Lipinski definition) is 2. The zero-order valence-corrected chi connectivity index (χ0v) is 20.9. The summed E-state index contributed by atoms with van der Waals surface area (Å²) in [5.41, 5.74) is 2.79. The second-order valence-corrected chi connectivity index (χ2v) is 9.07. The molecule has 1 aliphatic rings. The summed E-state index contributed by atoms with van der Waals surface area (Å²) < 4.78 is 12.1. The Kier molecular flexibility index (Phi) is 7.75. The van der Waals surface area contributed by atoms with Crippen LogP contribution in [0.15, 0.2) is 48.7 Å². The molecule has 1 aromatic heterocycles. The van der Waals surface area contributed by atoms with Crippen LogP contribution in [0, 0.1) is 6.92 Å². The van der Waals surface area contributed by atoms with E-state index in [-0.39, 0.29) is 6.10 Å². The standard InChI is InChI=1S/C26H32ClN5O2/c1-5-33-24-14-19(34-20-12-13-32(16-20)17(2)3)10-11-23(24)30-26-28-15-21(27)25(31-26)29-22-9-7-6-8-18(22)4/h6-11,14-15,17,20H,5,12-13,16H2,1-4H3,(H2,28,29,30,31). The summed E-state index contributed by atoms with van der Waals surface area (Å²) in [5, 5.41) is 6.99. The van der Waals surface area contributed by atoms with Crippen LogP contribution in [0.1, 0.15) is 32.8 Å². The van der Waals surface area contributed by atoms with Gasteiger partial charge in [-0.15, -0.1) is 0 Å². The van der Waals surface area contributed by atoms with Crippen molar-refractivity contribution in [1.29, 1.82) is 0 Å². The van der Waals surface area contributed by atoms with Crippen LogP contribution in [0.3, 0.4) is 0 Å². The van der Waals surface area contributed by atoms with Gasteiger partial charge in [0.05, 0.1) is 18.5 Å². The maximum Gasteiger partial charge on any atom is 0.229 e. The van der Waals surface area contributed by atoms with Gasteiger partial charge in [0.25, 0.3) is 0 Å². The normalized spacial score (nSPS) is 16.0. The molecule has 2 aromatic carbocycles. The van der Waals surface area contributed by atoms with E-state index in [2.05, 4.69) is 39.3 Å². The molecule has 2 heterocycles. The summed E-state index contributed by atoms with van der Waals surface area (Å²) >= 11 is 6.35. The van der Waals surface area contributed by atoms with E-state index in [0.29, 0.717) is 35.2 Å². The van der Waals surface area contributed by atoms with Gasteiger partial charge in [0.15, 0.2) is 5.82 Å². The lowest BCUT2D eigenvalue weighted by Crippen LogP contribution is -2.30. The molecule has 1 atom stereocenters. The van der Waals surface area contributed by atoms with Crippen LogP contribution in [0.5, 0.6) is 11.5 Å². The van der Waals surface area contributed by atoms with E-state index in [1.165, 1.54) is 0 Å². The Morgan fingerprint density at radius 2 is 1.97 bits per heavy atom. The van der Waals surface area contributed by atoms with E-state index in [0.717, 1.165) is 42.2 Å². The van der Waals surface area contributed by atoms with E-state index in [1.54, 1.807) is 6.20 Å². The van der Waals surface area contributed by atoms with Crippen molar-refractivity contribution >= 4 is 34.7 Å². The number of nitrogens with zero attached hydrogens (tertiary/aromatic N) is 3. The summed E-state index contributed by atoms with van der Waals surface area (Å²) in [6.07, 6.45) is 2.79. The van der Waals surface area contributed by atoms with Crippen molar-refractivity contribution in [2.75, 3.05) is 30.3 Å². The average Bonchev–Trinajstić information content (AvgIpc) is 3.28. The number of nitrogens with one attached hydrogen (secondary N) is 2. The fraction of sp³-hybridized carbons (Fsp3) is 0.385. The Hall–Kier alpha value is -3.03. The number of benzene rings is 2. The molecule has 180 valence electrons. The lowest BCUT2D eigenvalue weighted by atomic mass is 10.2. The summed E-state index contributed by atoms with van der Waals surface area (Å²) in [6.45, 7) is 11.0. The molecular weight excluding hydrogens is 450 g/mol. The summed E-state index contributed by atoms with van der Waals surface area (Å²) in [6, 6.07) is 14.3. The van der Waals surface area contributed by atoms with Crippen molar-refractivity contribution in [2.45, 2.75) is 46.3 Å². The smallest absolute Gasteiger partial charge is 0.229 e. The first kappa shape index (κ1) is 24.1. The van der Waals surface area contributed by atoms with Crippen LogP contribution in [0.25, 0.3) is 0 Å². The number of aryl methyl sites for hydroxylation is 1. The minimum atomic E-state index is 0.186. The number of rotatable bonds is 9. The molecule has 8 heteroatoms. The molecule has 0 saturated carbocycles. The fourth-order valence-electron chi connectivity index (χ4n) is 3.94. The van der Waals surface area contributed by atoms with Crippen molar-refractivity contribution in [3.05, 3.63) is 59.2 Å². The van der Waals surface area contributed by atoms with Gasteiger partial charge >= 0.3 is 0 Å². The number of aromatic nitrogens is 2. The quantitative estimate of drug-likeness (QED) is 0.377. The molecule has 1 unspecified atom stereocenters. The van der Waals surface area contributed by atoms with Gasteiger partial charge in [0.2, 0.25) is 5.95 Å². The minimum Gasteiger partial charge on any atom is -0.492 e. The Bertz CT molecular complexity index is 1120. The highest BCUT2D eigenvalue weighted by molar-refractivity contribution is 6.32. The van der Waals surface area contributed by atoms with Crippen molar-refractivity contribution in [3.63, 3.8) is 0 Å². The van der Waals surface area contributed by atoms with Crippen molar-refractivity contribution < 1.29 is 9.47 Å². The fourth-order valence-corrected chi connectivity index (χ4v) is 4.08. The van der Waals surface area contributed by atoms with Crippen LogP contribution in [-0.2, 0) is 0 Å². The van der Waals surface area contributed by atoms with E-state index < -0.39 is 0 Å². The Morgan fingerprint density at radius 1 is 1.15 bits per heavy atom. The zero-order valence-electron chi connectivity index (χ0n) is 20.1. The van der Waals surface area contributed by atoms with Gasteiger partial charge in [-0.1, -0.05) is 29.8 Å². The van der Waals surface area contributed by atoms with E-state index in [9.17, 15) is 0 Å². The lowest BCUT2D eigenvalue weighted by molar-refractivity contribution is 0.186. The monoisotopic (exact) mass is 481 g/mol. The molecule has 7 nitrogen and oxygen atoms in total. The molecule has 0 aliphatic carbocycles. The third-order valence-electron chi connectivity index (χ3n) is 5.85. The maximum atomic E-state index is 6.35. The molecule has 0 bridgehead atoms. The Balaban J connectivity index is 1.50. The largest absolute Gasteiger partial charge is 0.492 e. The molecule has 2 N–H and O–H groups in total. The number of anilines is 4. The van der Waals surface area contributed by atoms with Gasteiger partial charge in [-0.2, -0.15) is 4.98 Å². The Morgan fingerprint density at radius 3 is 2.71 bits per heavy atom. The lowest BCUT2D eigenvalue weighted by Gasteiger charge is -2.21. The Labute approximate surface area is 206 Å². The minimum absolute atomic E-state index is 0.186. The van der Waals surface area contributed by atoms with E-state index in [1.807, 2.05) is 56.3 Å². The highest BCUT2D eigenvalue weighted by Crippen LogP contribution is 2.33. The van der Waals surface area contributed by atoms with E-state index >= 15 is 0 Å². The highest BCUT2D eigenvalue weighted by Gasteiger charge is 2.25. The number of halogens is 1. The molecule has 34 heavy (non-hydrogen) atoms. The molecule has 1 saturated heterocycles. The number of likely N-dealkylation sites (tertiary alicyclic amines) is 1. The molecule has 3 aromatic rings. The highest BCUT2D eigenvalue weighted by atomic mass is 35.5. The van der Waals surface area contributed by atoms with Gasteiger partial charge in [0.1, 0.15) is 22.6 Å². The van der Waals surface area contributed by atoms with Crippen LogP contribution < -0.4 is 20.1 Å². The van der Waals surface area contributed by atoms with Gasteiger partial charge in [0, 0.05) is 30.9 Å². The zero-order chi connectivity index (χ0) is 24.1. The van der Waals surface area contributed by atoms with Crippen LogP contribution >= 0.6 is 11.6 Å². The number of para-hydroxylation sites is 1. The summed E-state index contributed by atoms with van der Waals surface area (Å²) in [7, 11) is 0. The molecule has 0 radical (unpaired) electrons. The maximum absolute atomic E-state index is 6.35. The molecule has 1 fully saturated rings. The third kappa shape index (κ3) is 5.90. The predicted octanol–water partition coefficient (Wildman–Crippen LogP) is 6.19. The van der Waals surface area contributed by atoms with E-state index in [4.69, 9.17) is 21.1 Å². The van der Waals surface area contributed by atoms with Crippen molar-refractivity contribution in [2.24, 2.45) is 0 Å². The van der Waals surface area contributed by atoms with Crippen LogP contribution in [0.4, 0.5) is 23.1 Å². The first-order chi connectivity index (χ1) is 16.4. The average molecular weight is 482 g/mol. The third-order valence-corrected chi connectivity index (χ3v) is 6.13. The van der Waals surface area contributed by atoms with Crippen LogP contribution in [-0.4, -0.2) is 46.7 Å².